The maximum Gasteiger partial charge on any atom is 0.410 e. The van der Waals surface area contributed by atoms with E-state index in [2.05, 4.69) is 10.3 Å². The standard InChI is InChI=1S/C22H25ClN4O5/c1-13(26(5)21(30)32-22(2,3)4)19(29)24-17-11-10-16-20(25-17)31-12-18(28)27(16)15-8-6-14(23)7-9-15/h6-11,13H,12H2,1-5H3,(H,24,25,29)/t13-/m0/s1. The predicted octanol–water partition coefficient (Wildman–Crippen LogP) is 3.99. The number of nitrogens with zero attached hydrogens (tertiary/aromatic N) is 3. The molecule has 0 unspecified atom stereocenters. The number of carbonyl (C=O) groups excluding carboxylic acids is 3. The highest BCUT2D eigenvalue weighted by molar-refractivity contribution is 6.30. The molecule has 0 saturated carbocycles. The first kappa shape index (κ1) is 23.3. The molecule has 32 heavy (non-hydrogen) atoms. The summed E-state index contributed by atoms with van der Waals surface area (Å²) in [4.78, 5) is 44.3. The van der Waals surface area contributed by atoms with Crippen LogP contribution in [0.4, 0.5) is 22.0 Å². The number of rotatable bonds is 4. The molecule has 1 aromatic carbocycles. The molecule has 0 radical (unpaired) electrons. The van der Waals surface area contributed by atoms with Gasteiger partial charge in [0, 0.05) is 17.8 Å². The van der Waals surface area contributed by atoms with E-state index < -0.39 is 23.6 Å². The van der Waals surface area contributed by atoms with Crippen molar-refractivity contribution in [2.45, 2.75) is 39.3 Å². The van der Waals surface area contributed by atoms with Crippen LogP contribution < -0.4 is 15.0 Å². The summed E-state index contributed by atoms with van der Waals surface area (Å²) in [5, 5.41) is 3.22. The number of benzene rings is 1. The van der Waals surface area contributed by atoms with Crippen LogP contribution in [0.25, 0.3) is 0 Å². The van der Waals surface area contributed by atoms with Crippen molar-refractivity contribution in [1.82, 2.24) is 9.88 Å². The molecule has 1 aliphatic heterocycles. The van der Waals surface area contributed by atoms with Gasteiger partial charge >= 0.3 is 6.09 Å². The molecular formula is C22H25ClN4O5. The minimum atomic E-state index is -0.809. The lowest BCUT2D eigenvalue weighted by Crippen LogP contribution is -2.45. The number of amides is 3. The second-order valence-corrected chi connectivity index (χ2v) is 8.71. The van der Waals surface area contributed by atoms with Crippen LogP contribution in [-0.2, 0) is 14.3 Å². The van der Waals surface area contributed by atoms with Crippen LogP contribution in [0, 0.1) is 0 Å². The summed E-state index contributed by atoms with van der Waals surface area (Å²) in [6.07, 6.45) is -0.612. The molecule has 2 heterocycles. The topological polar surface area (TPSA) is 101 Å². The fourth-order valence-electron chi connectivity index (χ4n) is 2.88. The van der Waals surface area contributed by atoms with Crippen molar-refractivity contribution in [3.8, 4) is 5.88 Å². The van der Waals surface area contributed by atoms with Gasteiger partial charge in [-0.2, -0.15) is 4.98 Å². The first-order valence-electron chi connectivity index (χ1n) is 9.95. The average Bonchev–Trinajstić information content (AvgIpc) is 2.72. The summed E-state index contributed by atoms with van der Waals surface area (Å²) >= 11 is 5.94. The molecule has 0 aliphatic carbocycles. The van der Waals surface area contributed by atoms with E-state index in [1.807, 2.05) is 0 Å². The minimum Gasteiger partial charge on any atom is -0.466 e. The third-order valence-electron chi connectivity index (χ3n) is 4.64. The number of anilines is 3. The van der Waals surface area contributed by atoms with Crippen molar-refractivity contribution in [2.24, 2.45) is 0 Å². The minimum absolute atomic E-state index is 0.197. The number of hydrogen-bond acceptors (Lipinski definition) is 6. The van der Waals surface area contributed by atoms with Crippen LogP contribution in [0.2, 0.25) is 5.02 Å². The van der Waals surface area contributed by atoms with E-state index >= 15 is 0 Å². The van der Waals surface area contributed by atoms with Gasteiger partial charge in [0.1, 0.15) is 23.1 Å². The Morgan fingerprint density at radius 3 is 2.50 bits per heavy atom. The lowest BCUT2D eigenvalue weighted by atomic mass is 10.2. The number of halogens is 1. The van der Waals surface area contributed by atoms with Gasteiger partial charge in [-0.3, -0.25) is 19.4 Å². The van der Waals surface area contributed by atoms with Gasteiger partial charge in [0.25, 0.3) is 5.91 Å². The Morgan fingerprint density at radius 2 is 1.88 bits per heavy atom. The van der Waals surface area contributed by atoms with E-state index in [9.17, 15) is 14.4 Å². The Bertz CT molecular complexity index is 1040. The van der Waals surface area contributed by atoms with Crippen LogP contribution in [-0.4, -0.2) is 53.1 Å². The maximum absolute atomic E-state index is 12.6. The van der Waals surface area contributed by atoms with E-state index in [1.165, 1.54) is 16.8 Å². The average molecular weight is 461 g/mol. The van der Waals surface area contributed by atoms with Gasteiger partial charge in [-0.25, -0.2) is 4.79 Å². The van der Waals surface area contributed by atoms with Gasteiger partial charge in [0.2, 0.25) is 11.8 Å². The van der Waals surface area contributed by atoms with Gasteiger partial charge in [-0.15, -0.1) is 0 Å². The summed E-state index contributed by atoms with van der Waals surface area (Å²) in [7, 11) is 1.48. The molecule has 10 heteroatoms. The number of pyridine rings is 1. The third-order valence-corrected chi connectivity index (χ3v) is 4.89. The van der Waals surface area contributed by atoms with Crippen molar-refractivity contribution in [3.63, 3.8) is 0 Å². The Labute approximate surface area is 191 Å². The van der Waals surface area contributed by atoms with Gasteiger partial charge < -0.3 is 14.8 Å². The smallest absolute Gasteiger partial charge is 0.410 e. The van der Waals surface area contributed by atoms with Gasteiger partial charge in [0.05, 0.1) is 0 Å². The molecule has 3 rings (SSSR count). The zero-order valence-electron chi connectivity index (χ0n) is 18.5. The molecule has 0 bridgehead atoms. The van der Waals surface area contributed by atoms with E-state index in [0.29, 0.717) is 16.4 Å². The van der Waals surface area contributed by atoms with Crippen LogP contribution in [0.1, 0.15) is 27.7 Å². The van der Waals surface area contributed by atoms with Crippen molar-refractivity contribution in [3.05, 3.63) is 41.4 Å². The van der Waals surface area contributed by atoms with Crippen molar-refractivity contribution < 1.29 is 23.9 Å². The molecule has 0 spiro atoms. The highest BCUT2D eigenvalue weighted by Crippen LogP contribution is 2.37. The van der Waals surface area contributed by atoms with Crippen molar-refractivity contribution in [1.29, 1.82) is 0 Å². The molecule has 0 fully saturated rings. The first-order chi connectivity index (χ1) is 15.0. The van der Waals surface area contributed by atoms with E-state index in [1.54, 1.807) is 64.1 Å². The number of nitrogens with one attached hydrogen (secondary N) is 1. The largest absolute Gasteiger partial charge is 0.466 e. The normalized spacial score (nSPS) is 14.2. The molecule has 1 atom stereocenters. The summed E-state index contributed by atoms with van der Waals surface area (Å²) in [6.45, 7) is 6.63. The Hall–Kier alpha value is -3.33. The molecule has 1 N–H and O–H groups in total. The number of hydrogen-bond donors (Lipinski definition) is 1. The molecule has 9 nitrogen and oxygen atoms in total. The number of fused-ring (bicyclic) bond motifs is 1. The van der Waals surface area contributed by atoms with Crippen LogP contribution in [0.5, 0.6) is 5.88 Å². The number of ether oxygens (including phenoxy) is 2. The summed E-state index contributed by atoms with van der Waals surface area (Å²) in [5.41, 5.74) is 0.391. The van der Waals surface area contributed by atoms with Crippen molar-refractivity contribution in [2.75, 3.05) is 23.9 Å². The summed E-state index contributed by atoms with van der Waals surface area (Å²) < 4.78 is 10.8. The molecule has 170 valence electrons. The SMILES string of the molecule is C[C@@H](C(=O)Nc1ccc2c(n1)OCC(=O)N2c1ccc(Cl)cc1)N(C)C(=O)OC(C)(C)C. The van der Waals surface area contributed by atoms with Gasteiger partial charge in [-0.05, 0) is 64.1 Å². The van der Waals surface area contributed by atoms with Gasteiger partial charge in [-0.1, -0.05) is 11.6 Å². The predicted molar refractivity (Wildman–Crippen MR) is 120 cm³/mol. The fourth-order valence-corrected chi connectivity index (χ4v) is 3.01. The molecule has 0 saturated heterocycles. The van der Waals surface area contributed by atoms with E-state index in [0.717, 1.165) is 0 Å². The molecule has 1 aromatic heterocycles. The summed E-state index contributed by atoms with van der Waals surface area (Å²) in [6, 6.07) is 9.19. The molecule has 3 amide bonds. The fraction of sp³-hybridized carbons (Fsp3) is 0.364. The zero-order chi connectivity index (χ0) is 23.6. The number of likely N-dealkylation sites (N-methyl/N-ethyl adjacent to an activating group) is 1. The molecule has 2 aromatic rings. The monoisotopic (exact) mass is 460 g/mol. The quantitative estimate of drug-likeness (QED) is 0.740. The van der Waals surface area contributed by atoms with Crippen LogP contribution in [0.15, 0.2) is 36.4 Å². The third kappa shape index (κ3) is 5.28. The Kier molecular flexibility index (Phi) is 6.59. The molecular weight excluding hydrogens is 436 g/mol. The highest BCUT2D eigenvalue weighted by atomic mass is 35.5. The van der Waals surface area contributed by atoms with Gasteiger partial charge in [0.15, 0.2) is 6.61 Å². The van der Waals surface area contributed by atoms with E-state index in [-0.39, 0.29) is 24.2 Å². The second-order valence-electron chi connectivity index (χ2n) is 8.27. The lowest BCUT2D eigenvalue weighted by Gasteiger charge is -2.29. The Morgan fingerprint density at radius 1 is 1.22 bits per heavy atom. The number of carbonyl (C=O) groups is 3. The van der Waals surface area contributed by atoms with Crippen LogP contribution in [0.3, 0.4) is 0 Å². The maximum atomic E-state index is 12.6. The first-order valence-corrected chi connectivity index (χ1v) is 10.3. The number of aromatic nitrogens is 1. The highest BCUT2D eigenvalue weighted by Gasteiger charge is 2.30. The zero-order valence-corrected chi connectivity index (χ0v) is 19.3. The Balaban J connectivity index is 1.76. The van der Waals surface area contributed by atoms with E-state index in [4.69, 9.17) is 21.1 Å². The summed E-state index contributed by atoms with van der Waals surface area (Å²) in [5.74, 6) is -0.285. The second kappa shape index (κ2) is 9.04. The van der Waals surface area contributed by atoms with Crippen LogP contribution >= 0.6 is 11.6 Å². The van der Waals surface area contributed by atoms with Crippen molar-refractivity contribution >= 4 is 46.7 Å². The lowest BCUT2D eigenvalue weighted by molar-refractivity contribution is -0.121. The molecule has 1 aliphatic rings.